The van der Waals surface area contributed by atoms with E-state index in [9.17, 15) is 25.5 Å². The molecule has 0 spiro atoms. The van der Waals surface area contributed by atoms with Crippen LogP contribution < -0.4 is 0 Å². The predicted molar refractivity (Wildman–Crippen MR) is 176 cm³/mol. The minimum absolute atomic E-state index is 0.000924. The van der Waals surface area contributed by atoms with Crippen molar-refractivity contribution in [2.24, 2.45) is 0 Å². The minimum Gasteiger partial charge on any atom is -0.504 e. The number of para-hydroxylation sites is 1. The summed E-state index contributed by atoms with van der Waals surface area (Å²) in [6.45, 7) is 0. The van der Waals surface area contributed by atoms with Crippen molar-refractivity contribution in [3.05, 3.63) is 91.1 Å². The van der Waals surface area contributed by atoms with Crippen LogP contribution in [0.25, 0.3) is 81.0 Å². The number of nitrogens with zero attached hydrogens (tertiary/aromatic N) is 4. The van der Waals surface area contributed by atoms with Gasteiger partial charge in [-0.05, 0) is 24.3 Å². The van der Waals surface area contributed by atoms with Crippen molar-refractivity contribution in [2.45, 2.75) is 0 Å². The molecule has 45 heavy (non-hydrogen) atoms. The summed E-state index contributed by atoms with van der Waals surface area (Å²) in [5.41, 5.74) is 1.57. The molecule has 4 heterocycles. The number of benzene rings is 5. The number of pyridine rings is 1. The van der Waals surface area contributed by atoms with Gasteiger partial charge in [-0.15, -0.1) is 11.3 Å². The van der Waals surface area contributed by atoms with E-state index in [1.807, 2.05) is 47.0 Å². The molecule has 10 heteroatoms. The molecule has 0 amide bonds. The highest BCUT2D eigenvalue weighted by atomic mass is 32.1. The molecule has 9 aromatic rings. The third-order valence-electron chi connectivity index (χ3n) is 8.41. The van der Waals surface area contributed by atoms with Crippen molar-refractivity contribution in [2.75, 3.05) is 0 Å². The molecule has 9 nitrogen and oxygen atoms in total. The number of phenolic OH excluding ortho intramolecular Hbond substituents is 5. The highest BCUT2D eigenvalue weighted by Crippen LogP contribution is 2.55. The Labute approximate surface area is 256 Å². The van der Waals surface area contributed by atoms with E-state index in [-0.39, 0.29) is 22.9 Å². The van der Waals surface area contributed by atoms with E-state index in [1.165, 1.54) is 9.40 Å². The van der Waals surface area contributed by atoms with Gasteiger partial charge in [-0.25, -0.2) is 9.97 Å². The maximum atomic E-state index is 10.9. The Morgan fingerprint density at radius 1 is 0.556 bits per heavy atom. The lowest BCUT2D eigenvalue weighted by Gasteiger charge is -2.15. The second-order valence-corrected chi connectivity index (χ2v) is 11.8. The number of rotatable bonds is 2. The Bertz CT molecular complexity index is 2700. The molecule has 216 valence electrons. The number of phenols is 5. The molecule has 0 radical (unpaired) electrons. The van der Waals surface area contributed by atoms with Crippen molar-refractivity contribution >= 4 is 75.1 Å². The van der Waals surface area contributed by atoms with Crippen LogP contribution in [0.5, 0.6) is 28.7 Å². The monoisotopic (exact) mass is 608 g/mol. The molecule has 0 atom stereocenters. The van der Waals surface area contributed by atoms with Crippen LogP contribution in [-0.4, -0.2) is 45.1 Å². The Kier molecular flexibility index (Phi) is 5.04. The zero-order valence-corrected chi connectivity index (χ0v) is 23.9. The maximum absolute atomic E-state index is 10.9. The molecule has 0 aliphatic heterocycles. The molecule has 0 fully saturated rings. The van der Waals surface area contributed by atoms with Gasteiger partial charge in [-0.2, -0.15) is 4.98 Å². The van der Waals surface area contributed by atoms with Crippen LogP contribution in [0.4, 0.5) is 0 Å². The fourth-order valence-electron chi connectivity index (χ4n) is 6.48. The molecule has 9 rings (SSSR count). The van der Waals surface area contributed by atoms with Crippen LogP contribution in [0.15, 0.2) is 91.1 Å². The average molecular weight is 609 g/mol. The van der Waals surface area contributed by atoms with Crippen LogP contribution in [0, 0.1) is 0 Å². The van der Waals surface area contributed by atoms with Gasteiger partial charge in [0, 0.05) is 53.3 Å². The van der Waals surface area contributed by atoms with E-state index in [2.05, 4.69) is 35.3 Å². The highest BCUT2D eigenvalue weighted by molar-refractivity contribution is 7.27. The third kappa shape index (κ3) is 3.28. The topological polar surface area (TPSA) is 145 Å². The van der Waals surface area contributed by atoms with Gasteiger partial charge in [-0.3, -0.25) is 4.57 Å². The van der Waals surface area contributed by atoms with Gasteiger partial charge in [0.1, 0.15) is 0 Å². The van der Waals surface area contributed by atoms with E-state index in [0.717, 1.165) is 43.4 Å². The second-order valence-electron chi connectivity index (χ2n) is 10.8. The summed E-state index contributed by atoms with van der Waals surface area (Å²) in [6, 6.07) is 27.9. The van der Waals surface area contributed by atoms with Gasteiger partial charge < -0.3 is 25.5 Å². The van der Waals surface area contributed by atoms with Crippen LogP contribution >= 0.6 is 11.3 Å². The fraction of sp³-hybridized carbons (Fsp3) is 0. The smallest absolute Gasteiger partial charge is 0.237 e. The lowest BCUT2D eigenvalue weighted by Crippen LogP contribution is -2.04. The number of thiophene rings is 1. The molecule has 0 aliphatic carbocycles. The summed E-state index contributed by atoms with van der Waals surface area (Å²) in [7, 11) is 0. The summed E-state index contributed by atoms with van der Waals surface area (Å²) in [6.07, 6.45) is 1.57. The van der Waals surface area contributed by atoms with Crippen molar-refractivity contribution in [1.82, 2.24) is 19.5 Å². The molecular weight excluding hydrogens is 588 g/mol. The van der Waals surface area contributed by atoms with Gasteiger partial charge in [0.15, 0.2) is 17.1 Å². The molecule has 0 unspecified atom stereocenters. The van der Waals surface area contributed by atoms with Crippen LogP contribution in [0.1, 0.15) is 0 Å². The van der Waals surface area contributed by atoms with Crippen molar-refractivity contribution < 1.29 is 25.5 Å². The standard InChI is InChI=1S/C35H20N4O5S/c40-28-25(29(41)31(43)32(44)30(28)42)26-20-12-7-15-36-34(20)38-35(37-26)39-21-13-5-3-10-18(21)23-24-19-11-4-6-14-22(19)45-33(24)17-9-2-1-8-16(17)27(23)39/h1-15,40-44H. The first kappa shape index (κ1) is 25.4. The largest absolute Gasteiger partial charge is 0.504 e. The lowest BCUT2D eigenvalue weighted by molar-refractivity contribution is 0.330. The van der Waals surface area contributed by atoms with Crippen LogP contribution in [-0.2, 0) is 0 Å². The molecule has 0 bridgehead atoms. The average Bonchev–Trinajstić information content (AvgIpc) is 3.63. The first-order valence-corrected chi connectivity index (χ1v) is 14.8. The van der Waals surface area contributed by atoms with E-state index in [1.54, 1.807) is 29.7 Å². The first-order chi connectivity index (χ1) is 21.9. The first-order valence-electron chi connectivity index (χ1n) is 14.0. The van der Waals surface area contributed by atoms with E-state index >= 15 is 0 Å². The summed E-state index contributed by atoms with van der Waals surface area (Å²) in [4.78, 5) is 14.2. The van der Waals surface area contributed by atoms with Crippen LogP contribution in [0.3, 0.4) is 0 Å². The Morgan fingerprint density at radius 3 is 1.96 bits per heavy atom. The summed E-state index contributed by atoms with van der Waals surface area (Å²) in [5, 5.41) is 59.5. The van der Waals surface area contributed by atoms with E-state index < -0.39 is 28.7 Å². The van der Waals surface area contributed by atoms with Crippen molar-refractivity contribution in [3.63, 3.8) is 0 Å². The number of aromatic nitrogens is 4. The second kappa shape index (κ2) is 8.94. The van der Waals surface area contributed by atoms with Crippen molar-refractivity contribution in [1.29, 1.82) is 0 Å². The molecule has 0 saturated heterocycles. The van der Waals surface area contributed by atoms with Crippen LogP contribution in [0.2, 0.25) is 0 Å². The van der Waals surface area contributed by atoms with Gasteiger partial charge in [0.25, 0.3) is 0 Å². The van der Waals surface area contributed by atoms with Crippen molar-refractivity contribution in [3.8, 4) is 46.0 Å². The number of hydrogen-bond acceptors (Lipinski definition) is 9. The number of fused-ring (bicyclic) bond motifs is 11. The zero-order valence-electron chi connectivity index (χ0n) is 23.1. The molecule has 4 aromatic heterocycles. The highest BCUT2D eigenvalue weighted by Gasteiger charge is 2.29. The Hall–Kier alpha value is -6.13. The number of hydrogen-bond donors (Lipinski definition) is 5. The molecule has 5 N–H and O–H groups in total. The SMILES string of the molecule is Oc1c(O)c(O)c(-c2nc(-n3c4ccccc4c4c5c6ccccc6sc5c5ccccc5c43)nc3ncccc23)c(O)c1O. The van der Waals surface area contributed by atoms with Gasteiger partial charge in [0.05, 0.1) is 22.3 Å². The lowest BCUT2D eigenvalue weighted by atomic mass is 10.00. The molecule has 0 aliphatic rings. The zero-order chi connectivity index (χ0) is 30.6. The van der Waals surface area contributed by atoms with Gasteiger partial charge in [-0.1, -0.05) is 60.7 Å². The number of aromatic hydroxyl groups is 5. The molecule has 5 aromatic carbocycles. The fourth-order valence-corrected chi connectivity index (χ4v) is 7.73. The molecule has 0 saturated carbocycles. The minimum atomic E-state index is -1.05. The maximum Gasteiger partial charge on any atom is 0.237 e. The summed E-state index contributed by atoms with van der Waals surface area (Å²) >= 11 is 1.75. The van der Waals surface area contributed by atoms with Gasteiger partial charge >= 0.3 is 0 Å². The summed E-state index contributed by atoms with van der Waals surface area (Å²) in [5.74, 6) is -4.55. The third-order valence-corrected chi connectivity index (χ3v) is 9.62. The summed E-state index contributed by atoms with van der Waals surface area (Å²) < 4.78 is 4.30. The normalized spacial score (nSPS) is 12.0. The quantitative estimate of drug-likeness (QED) is 0.0986. The van der Waals surface area contributed by atoms with E-state index in [0.29, 0.717) is 5.39 Å². The molecular formula is C35H20N4O5S. The predicted octanol–water partition coefficient (Wildman–Crippen LogP) is 7.84. The van der Waals surface area contributed by atoms with E-state index in [4.69, 9.17) is 9.97 Å². The van der Waals surface area contributed by atoms with Gasteiger partial charge in [0.2, 0.25) is 23.2 Å². The Balaban J connectivity index is 1.52. The Morgan fingerprint density at radius 2 is 1.18 bits per heavy atom.